The van der Waals surface area contributed by atoms with Crippen LogP contribution in [0, 0.1) is 6.92 Å². The van der Waals surface area contributed by atoms with Crippen LogP contribution in [0.5, 0.6) is 0 Å². The van der Waals surface area contributed by atoms with E-state index in [1.54, 1.807) is 6.92 Å². The molecule has 2 rings (SSSR count). The number of carbonyl (C=O) groups is 2. The second kappa shape index (κ2) is 5.85. The van der Waals surface area contributed by atoms with Crippen LogP contribution in [-0.2, 0) is 9.59 Å². The van der Waals surface area contributed by atoms with E-state index in [0.29, 0.717) is 18.5 Å². The first kappa shape index (κ1) is 15.5. The van der Waals surface area contributed by atoms with Gasteiger partial charge in [-0.15, -0.1) is 0 Å². The minimum absolute atomic E-state index is 0.316. The lowest BCUT2D eigenvalue weighted by atomic mass is 9.87. The van der Waals surface area contributed by atoms with Crippen LogP contribution < -0.4 is 5.73 Å². The monoisotopic (exact) mass is 290 g/mol. The summed E-state index contributed by atoms with van der Waals surface area (Å²) >= 11 is 0. The number of hydrogen-bond acceptors (Lipinski definition) is 3. The maximum Gasteiger partial charge on any atom is 0.329 e. The zero-order chi connectivity index (χ0) is 15.6. The molecule has 0 aromatic heterocycles. The molecule has 114 valence electrons. The number of nitrogens with two attached hydrogens (primary N) is 1. The van der Waals surface area contributed by atoms with Crippen molar-refractivity contribution >= 4 is 11.9 Å². The highest BCUT2D eigenvalue weighted by Crippen LogP contribution is 2.30. The molecule has 5 heteroatoms. The van der Waals surface area contributed by atoms with Crippen LogP contribution in [0.3, 0.4) is 0 Å². The lowest BCUT2D eigenvalue weighted by molar-refractivity contribution is -0.161. The van der Waals surface area contributed by atoms with E-state index in [4.69, 9.17) is 5.73 Å². The number of aryl methyl sites for hydroxylation is 1. The molecule has 1 amide bonds. The molecule has 1 heterocycles. The Balaban J connectivity index is 2.24. The molecule has 3 N–H and O–H groups in total. The number of piperidine rings is 1. The number of carbonyl (C=O) groups excluding carboxylic acids is 1. The van der Waals surface area contributed by atoms with Crippen LogP contribution in [0.2, 0.25) is 0 Å². The Morgan fingerprint density at radius 2 is 1.90 bits per heavy atom. The molecule has 21 heavy (non-hydrogen) atoms. The minimum atomic E-state index is -1.16. The van der Waals surface area contributed by atoms with Gasteiger partial charge in [-0.25, -0.2) is 4.79 Å². The number of carboxylic acids is 1. The minimum Gasteiger partial charge on any atom is -0.480 e. The molecule has 1 aliphatic rings. The van der Waals surface area contributed by atoms with Crippen LogP contribution >= 0.6 is 0 Å². The average Bonchev–Trinajstić information content (AvgIpc) is 2.47. The van der Waals surface area contributed by atoms with Crippen LogP contribution in [0.4, 0.5) is 0 Å². The van der Waals surface area contributed by atoms with Crippen LogP contribution in [0.1, 0.15) is 43.4 Å². The molecular formula is C16H22N2O3. The van der Waals surface area contributed by atoms with Gasteiger partial charge in [0.25, 0.3) is 0 Å². The van der Waals surface area contributed by atoms with Crippen molar-refractivity contribution in [3.05, 3.63) is 35.4 Å². The van der Waals surface area contributed by atoms with Crippen LogP contribution in [-0.4, -0.2) is 34.0 Å². The van der Waals surface area contributed by atoms with E-state index in [1.165, 1.54) is 4.90 Å². The summed E-state index contributed by atoms with van der Waals surface area (Å²) in [6, 6.07) is 6.62. The van der Waals surface area contributed by atoms with E-state index in [0.717, 1.165) is 18.4 Å². The molecule has 2 atom stereocenters. The molecule has 0 saturated carbocycles. The molecule has 1 fully saturated rings. The number of carboxylic acid groups (broad SMARTS) is 1. The highest BCUT2D eigenvalue weighted by atomic mass is 16.4. The van der Waals surface area contributed by atoms with Crippen molar-refractivity contribution in [2.75, 3.05) is 6.54 Å². The average molecular weight is 290 g/mol. The molecule has 5 nitrogen and oxygen atoms in total. The first-order chi connectivity index (χ1) is 9.86. The van der Waals surface area contributed by atoms with E-state index in [-0.39, 0.29) is 5.91 Å². The first-order valence-corrected chi connectivity index (χ1v) is 7.23. The summed E-state index contributed by atoms with van der Waals surface area (Å²) in [4.78, 5) is 25.6. The quantitative estimate of drug-likeness (QED) is 0.890. The van der Waals surface area contributed by atoms with Crippen LogP contribution in [0.25, 0.3) is 0 Å². The van der Waals surface area contributed by atoms with Gasteiger partial charge in [0.05, 0.1) is 0 Å². The fourth-order valence-corrected chi connectivity index (χ4v) is 2.78. The molecule has 2 unspecified atom stereocenters. The van der Waals surface area contributed by atoms with Gasteiger partial charge in [-0.3, -0.25) is 4.79 Å². The molecule has 0 aliphatic carbocycles. The van der Waals surface area contributed by atoms with E-state index in [9.17, 15) is 14.7 Å². The van der Waals surface area contributed by atoms with Crippen molar-refractivity contribution < 1.29 is 14.7 Å². The summed E-state index contributed by atoms with van der Waals surface area (Å²) in [5.74, 6) is -1.28. The van der Waals surface area contributed by atoms with Gasteiger partial charge in [-0.1, -0.05) is 29.8 Å². The molecule has 1 aromatic carbocycles. The Morgan fingerprint density at radius 3 is 2.48 bits per heavy atom. The van der Waals surface area contributed by atoms with E-state index >= 15 is 0 Å². The Labute approximate surface area is 124 Å². The Bertz CT molecular complexity index is 541. The Kier molecular flexibility index (Phi) is 4.32. The number of amides is 1. The normalized spacial score (nSPS) is 23.7. The number of aliphatic carboxylic acids is 1. The van der Waals surface area contributed by atoms with Crippen molar-refractivity contribution in [1.82, 2.24) is 4.90 Å². The Hall–Kier alpha value is -1.88. The van der Waals surface area contributed by atoms with Gasteiger partial charge in [0.15, 0.2) is 0 Å². The maximum atomic E-state index is 12.6. The molecule has 0 radical (unpaired) electrons. The van der Waals surface area contributed by atoms with Crippen molar-refractivity contribution in [2.24, 2.45) is 5.73 Å². The fraction of sp³-hybridized carbons (Fsp3) is 0.500. The summed E-state index contributed by atoms with van der Waals surface area (Å²) in [7, 11) is 0. The third-order valence-corrected chi connectivity index (χ3v) is 4.32. The lowest BCUT2D eigenvalue weighted by Crippen LogP contribution is -2.59. The summed E-state index contributed by atoms with van der Waals surface area (Å²) in [5.41, 5.74) is 6.70. The smallest absolute Gasteiger partial charge is 0.329 e. The zero-order valence-electron chi connectivity index (χ0n) is 12.5. The van der Waals surface area contributed by atoms with Crippen LogP contribution in [0.15, 0.2) is 24.3 Å². The predicted molar refractivity (Wildman–Crippen MR) is 79.7 cm³/mol. The van der Waals surface area contributed by atoms with E-state index < -0.39 is 17.6 Å². The third-order valence-electron chi connectivity index (χ3n) is 4.32. The number of nitrogens with zero attached hydrogens (tertiary/aromatic N) is 1. The standard InChI is InChI=1S/C16H22N2O3/c1-11-5-7-12(8-6-11)13(17)14(19)18-10-4-3-9-16(18,2)15(20)21/h5-8,13H,3-4,9-10,17H2,1-2H3,(H,20,21). The van der Waals surface area contributed by atoms with E-state index in [2.05, 4.69) is 0 Å². The highest BCUT2D eigenvalue weighted by Gasteiger charge is 2.45. The lowest BCUT2D eigenvalue weighted by Gasteiger charge is -2.42. The summed E-state index contributed by atoms with van der Waals surface area (Å²) in [5, 5.41) is 9.47. The molecule has 0 bridgehead atoms. The summed E-state index contributed by atoms with van der Waals surface area (Å²) in [6.07, 6.45) is 2.09. The second-order valence-electron chi connectivity index (χ2n) is 5.91. The van der Waals surface area contributed by atoms with Crippen molar-refractivity contribution in [2.45, 2.75) is 44.7 Å². The third kappa shape index (κ3) is 2.93. The van der Waals surface area contributed by atoms with Gasteiger partial charge < -0.3 is 15.7 Å². The first-order valence-electron chi connectivity index (χ1n) is 7.23. The van der Waals surface area contributed by atoms with Gasteiger partial charge in [0.2, 0.25) is 5.91 Å². The molecular weight excluding hydrogens is 268 g/mol. The fourth-order valence-electron chi connectivity index (χ4n) is 2.78. The number of benzene rings is 1. The van der Waals surface area contributed by atoms with Gasteiger partial charge in [-0.05, 0) is 38.7 Å². The zero-order valence-corrected chi connectivity index (χ0v) is 12.5. The van der Waals surface area contributed by atoms with E-state index in [1.807, 2.05) is 31.2 Å². The molecule has 0 spiro atoms. The molecule has 1 saturated heterocycles. The van der Waals surface area contributed by atoms with Crippen molar-refractivity contribution in [1.29, 1.82) is 0 Å². The number of rotatable bonds is 3. The maximum absolute atomic E-state index is 12.6. The van der Waals surface area contributed by atoms with Gasteiger partial charge >= 0.3 is 5.97 Å². The summed E-state index contributed by atoms with van der Waals surface area (Å²) < 4.78 is 0. The molecule has 1 aliphatic heterocycles. The summed E-state index contributed by atoms with van der Waals surface area (Å²) in [6.45, 7) is 4.01. The molecule has 1 aromatic rings. The van der Waals surface area contributed by atoms with Gasteiger partial charge in [-0.2, -0.15) is 0 Å². The van der Waals surface area contributed by atoms with Crippen molar-refractivity contribution in [3.63, 3.8) is 0 Å². The SMILES string of the molecule is Cc1ccc(C(N)C(=O)N2CCCCC2(C)C(=O)O)cc1. The van der Waals surface area contributed by atoms with Gasteiger partial charge in [0.1, 0.15) is 11.6 Å². The number of likely N-dealkylation sites (tertiary alicyclic amines) is 1. The predicted octanol–water partition coefficient (Wildman–Crippen LogP) is 1.85. The number of hydrogen-bond donors (Lipinski definition) is 2. The Morgan fingerprint density at radius 1 is 1.29 bits per heavy atom. The topological polar surface area (TPSA) is 83.6 Å². The van der Waals surface area contributed by atoms with Crippen molar-refractivity contribution in [3.8, 4) is 0 Å². The second-order valence-corrected chi connectivity index (χ2v) is 5.91. The largest absolute Gasteiger partial charge is 0.480 e. The highest BCUT2D eigenvalue weighted by molar-refractivity contribution is 5.90. The van der Waals surface area contributed by atoms with Gasteiger partial charge in [0, 0.05) is 6.54 Å².